The average molecular weight is 305 g/mol. The van der Waals surface area contributed by atoms with Crippen LogP contribution in [0.4, 0.5) is 0 Å². The Labute approximate surface area is 125 Å². The van der Waals surface area contributed by atoms with Crippen molar-refractivity contribution in [3.8, 4) is 0 Å². The quantitative estimate of drug-likeness (QED) is 0.707. The molecular weight excluding hydrogens is 290 g/mol. The number of aliphatic carboxylic acids is 2. The molecule has 0 amide bonds. The molecule has 5 nitrogen and oxygen atoms in total. The standard InChI is InChI=1S/C15H15NO4S/c16-14(15(19)20)12(8-13(17)18)21-11-6-5-9-3-1-2-4-10(9)7-11/h1-7,12,14H,8,16H2,(H,17,18)(H,19,20)/t12?,14-/m0/s1. The smallest absolute Gasteiger partial charge is 0.321 e. The molecular formula is C15H15NO4S. The summed E-state index contributed by atoms with van der Waals surface area (Å²) in [7, 11) is 0. The molecule has 0 aliphatic heterocycles. The fourth-order valence-electron chi connectivity index (χ4n) is 1.99. The molecule has 6 heteroatoms. The van der Waals surface area contributed by atoms with Gasteiger partial charge in [0.25, 0.3) is 0 Å². The van der Waals surface area contributed by atoms with E-state index < -0.39 is 23.2 Å². The van der Waals surface area contributed by atoms with Crippen LogP contribution in [0, 0.1) is 0 Å². The molecule has 2 aromatic rings. The van der Waals surface area contributed by atoms with Crippen LogP contribution in [0.1, 0.15) is 6.42 Å². The zero-order valence-corrected chi connectivity index (χ0v) is 11.9. The SMILES string of the molecule is N[C@H](C(=O)O)C(CC(=O)O)Sc1ccc2ccccc2c1. The maximum Gasteiger partial charge on any atom is 0.321 e. The van der Waals surface area contributed by atoms with Gasteiger partial charge in [-0.1, -0.05) is 30.3 Å². The van der Waals surface area contributed by atoms with E-state index in [9.17, 15) is 9.59 Å². The molecule has 0 aromatic heterocycles. The Bertz CT molecular complexity index is 674. The lowest BCUT2D eigenvalue weighted by Crippen LogP contribution is -2.41. The van der Waals surface area contributed by atoms with Crippen molar-refractivity contribution in [3.05, 3.63) is 42.5 Å². The number of carbonyl (C=O) groups is 2. The van der Waals surface area contributed by atoms with E-state index in [1.807, 2.05) is 42.5 Å². The third-order valence-electron chi connectivity index (χ3n) is 3.07. The second-order valence-electron chi connectivity index (χ2n) is 4.63. The molecule has 0 saturated carbocycles. The predicted octanol–water partition coefficient (Wildman–Crippen LogP) is 2.19. The van der Waals surface area contributed by atoms with Gasteiger partial charge >= 0.3 is 11.9 Å². The summed E-state index contributed by atoms with van der Waals surface area (Å²) in [5.41, 5.74) is 5.59. The van der Waals surface area contributed by atoms with Crippen LogP contribution in [-0.4, -0.2) is 33.4 Å². The molecule has 21 heavy (non-hydrogen) atoms. The van der Waals surface area contributed by atoms with E-state index in [1.54, 1.807) is 0 Å². The molecule has 2 atom stereocenters. The molecule has 0 aliphatic carbocycles. The number of hydrogen-bond donors (Lipinski definition) is 3. The van der Waals surface area contributed by atoms with Gasteiger partial charge in [-0.05, 0) is 22.9 Å². The fourth-order valence-corrected chi connectivity index (χ4v) is 3.17. The summed E-state index contributed by atoms with van der Waals surface area (Å²) in [5.74, 6) is -2.26. The van der Waals surface area contributed by atoms with Gasteiger partial charge in [0.15, 0.2) is 0 Å². The van der Waals surface area contributed by atoms with E-state index >= 15 is 0 Å². The molecule has 0 aliphatic rings. The van der Waals surface area contributed by atoms with E-state index in [1.165, 1.54) is 11.8 Å². The van der Waals surface area contributed by atoms with Gasteiger partial charge in [-0.25, -0.2) is 0 Å². The minimum atomic E-state index is -1.22. The van der Waals surface area contributed by atoms with Crippen LogP contribution < -0.4 is 5.73 Å². The summed E-state index contributed by atoms with van der Waals surface area (Å²) < 4.78 is 0. The van der Waals surface area contributed by atoms with Crippen LogP contribution in [0.25, 0.3) is 10.8 Å². The van der Waals surface area contributed by atoms with Crippen LogP contribution in [-0.2, 0) is 9.59 Å². The van der Waals surface area contributed by atoms with Crippen molar-refractivity contribution in [2.75, 3.05) is 0 Å². The molecule has 0 bridgehead atoms. The van der Waals surface area contributed by atoms with Crippen molar-refractivity contribution in [1.82, 2.24) is 0 Å². The molecule has 2 rings (SSSR count). The highest BCUT2D eigenvalue weighted by Gasteiger charge is 2.27. The molecule has 1 unspecified atom stereocenters. The lowest BCUT2D eigenvalue weighted by atomic mass is 10.1. The Balaban J connectivity index is 2.24. The fraction of sp³-hybridized carbons (Fsp3) is 0.200. The van der Waals surface area contributed by atoms with Gasteiger partial charge in [-0.2, -0.15) is 0 Å². The summed E-state index contributed by atoms with van der Waals surface area (Å²) in [6.45, 7) is 0. The van der Waals surface area contributed by atoms with E-state index in [4.69, 9.17) is 15.9 Å². The van der Waals surface area contributed by atoms with Crippen molar-refractivity contribution >= 4 is 34.5 Å². The Morgan fingerprint density at radius 2 is 1.76 bits per heavy atom. The second-order valence-corrected chi connectivity index (χ2v) is 5.94. The lowest BCUT2D eigenvalue weighted by molar-refractivity contribution is -0.139. The Hall–Kier alpha value is -2.05. The number of carboxylic acids is 2. The first-order valence-corrected chi connectivity index (χ1v) is 7.21. The molecule has 0 heterocycles. The summed E-state index contributed by atoms with van der Waals surface area (Å²) in [6.07, 6.45) is -0.301. The largest absolute Gasteiger partial charge is 0.481 e. The molecule has 110 valence electrons. The molecule has 4 N–H and O–H groups in total. The Kier molecular flexibility index (Phi) is 4.82. The first kappa shape index (κ1) is 15.3. The van der Waals surface area contributed by atoms with Gasteiger partial charge in [-0.15, -0.1) is 11.8 Å². The van der Waals surface area contributed by atoms with Gasteiger partial charge in [0.1, 0.15) is 6.04 Å². The van der Waals surface area contributed by atoms with E-state index in [0.29, 0.717) is 0 Å². The van der Waals surface area contributed by atoms with Crippen LogP contribution in [0.2, 0.25) is 0 Å². The first-order chi connectivity index (χ1) is 9.97. The number of benzene rings is 2. The van der Waals surface area contributed by atoms with E-state index in [0.717, 1.165) is 15.7 Å². The summed E-state index contributed by atoms with van der Waals surface area (Å²) in [6, 6.07) is 12.2. The summed E-state index contributed by atoms with van der Waals surface area (Å²) in [4.78, 5) is 22.7. The van der Waals surface area contributed by atoms with Gasteiger partial charge < -0.3 is 15.9 Å². The topological polar surface area (TPSA) is 101 Å². The van der Waals surface area contributed by atoms with Crippen molar-refractivity contribution in [2.24, 2.45) is 5.73 Å². The summed E-state index contributed by atoms with van der Waals surface area (Å²) >= 11 is 1.18. The third-order valence-corrected chi connectivity index (χ3v) is 4.36. The molecule has 0 saturated heterocycles. The van der Waals surface area contributed by atoms with Crippen molar-refractivity contribution in [1.29, 1.82) is 0 Å². The highest BCUT2D eigenvalue weighted by molar-refractivity contribution is 8.00. The zero-order chi connectivity index (χ0) is 15.4. The lowest BCUT2D eigenvalue weighted by Gasteiger charge is -2.18. The Morgan fingerprint density at radius 3 is 2.38 bits per heavy atom. The number of carboxylic acid groups (broad SMARTS) is 2. The minimum absolute atomic E-state index is 0.301. The first-order valence-electron chi connectivity index (χ1n) is 6.33. The molecule has 0 spiro atoms. The van der Waals surface area contributed by atoms with E-state index in [-0.39, 0.29) is 6.42 Å². The third kappa shape index (κ3) is 3.96. The predicted molar refractivity (Wildman–Crippen MR) is 81.5 cm³/mol. The van der Waals surface area contributed by atoms with E-state index in [2.05, 4.69) is 0 Å². The minimum Gasteiger partial charge on any atom is -0.481 e. The highest BCUT2D eigenvalue weighted by atomic mass is 32.2. The molecule has 0 fully saturated rings. The second kappa shape index (κ2) is 6.60. The molecule has 2 aromatic carbocycles. The molecule has 0 radical (unpaired) electrons. The highest BCUT2D eigenvalue weighted by Crippen LogP contribution is 2.30. The summed E-state index contributed by atoms with van der Waals surface area (Å²) in [5, 5.41) is 19.2. The number of rotatable bonds is 6. The van der Waals surface area contributed by atoms with Crippen molar-refractivity contribution < 1.29 is 19.8 Å². The number of thioether (sulfide) groups is 1. The number of nitrogens with two attached hydrogens (primary N) is 1. The van der Waals surface area contributed by atoms with Crippen LogP contribution in [0.5, 0.6) is 0 Å². The van der Waals surface area contributed by atoms with Crippen LogP contribution in [0.3, 0.4) is 0 Å². The van der Waals surface area contributed by atoms with Gasteiger partial charge in [0.2, 0.25) is 0 Å². The number of hydrogen-bond acceptors (Lipinski definition) is 4. The van der Waals surface area contributed by atoms with Crippen LogP contribution >= 0.6 is 11.8 Å². The zero-order valence-electron chi connectivity index (χ0n) is 11.1. The maximum atomic E-state index is 11.0. The van der Waals surface area contributed by atoms with Crippen LogP contribution in [0.15, 0.2) is 47.4 Å². The van der Waals surface area contributed by atoms with Gasteiger partial charge in [0.05, 0.1) is 6.42 Å². The van der Waals surface area contributed by atoms with Gasteiger partial charge in [-0.3, -0.25) is 9.59 Å². The average Bonchev–Trinajstić information content (AvgIpc) is 2.45. The Morgan fingerprint density at radius 1 is 1.10 bits per heavy atom. The van der Waals surface area contributed by atoms with Crippen molar-refractivity contribution in [2.45, 2.75) is 22.6 Å². The van der Waals surface area contributed by atoms with Crippen molar-refractivity contribution in [3.63, 3.8) is 0 Å². The number of fused-ring (bicyclic) bond motifs is 1. The monoisotopic (exact) mass is 305 g/mol. The maximum absolute atomic E-state index is 11.0. The van der Waals surface area contributed by atoms with Gasteiger partial charge in [0, 0.05) is 10.1 Å². The normalized spacial score (nSPS) is 13.8.